The number of nitro groups is 1. The fourth-order valence-electron chi connectivity index (χ4n) is 3.43. The van der Waals surface area contributed by atoms with Crippen molar-refractivity contribution in [3.05, 3.63) is 57.6 Å². The number of amides is 1. The van der Waals surface area contributed by atoms with Crippen molar-refractivity contribution in [2.45, 2.75) is 11.8 Å². The molecule has 1 heterocycles. The normalized spacial score (nSPS) is 14.5. The summed E-state index contributed by atoms with van der Waals surface area (Å²) in [5, 5.41) is 11.5. The fourth-order valence-corrected chi connectivity index (χ4v) is 4.07. The van der Waals surface area contributed by atoms with E-state index in [1.807, 2.05) is 13.0 Å². The predicted octanol–water partition coefficient (Wildman–Crippen LogP) is 2.28. The molecule has 0 aromatic heterocycles. The molecule has 0 radical (unpaired) electrons. The first kappa shape index (κ1) is 21.6. The van der Waals surface area contributed by atoms with E-state index in [2.05, 4.69) is 0 Å². The number of sulfone groups is 1. The summed E-state index contributed by atoms with van der Waals surface area (Å²) in [4.78, 5) is 27.1. The van der Waals surface area contributed by atoms with E-state index in [-0.39, 0.29) is 16.5 Å². The maximum Gasteiger partial charge on any atom is 0.293 e. The lowest BCUT2D eigenvalue weighted by atomic mass is 10.1. The highest BCUT2D eigenvalue weighted by molar-refractivity contribution is 7.90. The molecule has 2 aromatic rings. The van der Waals surface area contributed by atoms with Gasteiger partial charge in [-0.2, -0.15) is 0 Å². The van der Waals surface area contributed by atoms with Crippen molar-refractivity contribution < 1.29 is 22.9 Å². The number of ether oxygens (including phenoxy) is 1. The van der Waals surface area contributed by atoms with Gasteiger partial charge in [0.25, 0.3) is 11.6 Å². The van der Waals surface area contributed by atoms with Crippen LogP contribution in [0.4, 0.5) is 11.4 Å². The minimum absolute atomic E-state index is 0.0971. The lowest BCUT2D eigenvalue weighted by Gasteiger charge is -2.36. The van der Waals surface area contributed by atoms with Crippen LogP contribution in [-0.2, 0) is 9.84 Å². The molecule has 0 N–H and O–H groups in total. The van der Waals surface area contributed by atoms with Crippen molar-refractivity contribution >= 4 is 27.1 Å². The van der Waals surface area contributed by atoms with Crippen LogP contribution in [0.2, 0.25) is 0 Å². The minimum Gasteiger partial charge on any atom is -0.496 e. The number of nitro benzene ring substituents is 1. The average molecular weight is 433 g/mol. The number of hydrogen-bond acceptors (Lipinski definition) is 7. The first-order valence-corrected chi connectivity index (χ1v) is 11.2. The van der Waals surface area contributed by atoms with Crippen LogP contribution >= 0.6 is 0 Å². The lowest BCUT2D eigenvalue weighted by Crippen LogP contribution is -2.49. The zero-order chi connectivity index (χ0) is 22.1. The molecule has 3 rings (SSSR count). The molecule has 0 saturated carbocycles. The smallest absolute Gasteiger partial charge is 0.293 e. The van der Waals surface area contributed by atoms with Gasteiger partial charge in [-0.15, -0.1) is 0 Å². The minimum atomic E-state index is -3.55. The maximum absolute atomic E-state index is 12.8. The van der Waals surface area contributed by atoms with Gasteiger partial charge in [0.15, 0.2) is 9.84 Å². The summed E-state index contributed by atoms with van der Waals surface area (Å²) in [5.41, 5.74) is 1.54. The van der Waals surface area contributed by atoms with Crippen molar-refractivity contribution in [2.75, 3.05) is 44.4 Å². The number of aryl methyl sites for hydroxylation is 1. The Labute approximate surface area is 174 Å². The molecule has 9 nitrogen and oxygen atoms in total. The standard InChI is InChI=1S/C20H23N3O6S/c1-14-4-5-15(12-19(14)29-2)20(24)22-10-8-21(9-11-22)17-7-6-16(30(3,27)28)13-18(17)23(25)26/h4-7,12-13H,8-11H2,1-3H3. The lowest BCUT2D eigenvalue weighted by molar-refractivity contribution is -0.384. The molecule has 1 saturated heterocycles. The Kier molecular flexibility index (Phi) is 5.97. The van der Waals surface area contributed by atoms with Gasteiger partial charge in [-0.25, -0.2) is 8.42 Å². The van der Waals surface area contributed by atoms with Gasteiger partial charge in [-0.3, -0.25) is 14.9 Å². The molecule has 0 spiro atoms. The number of hydrogen-bond donors (Lipinski definition) is 0. The third-order valence-electron chi connectivity index (χ3n) is 5.13. The van der Waals surface area contributed by atoms with E-state index in [1.165, 1.54) is 12.1 Å². The SMILES string of the molecule is COc1cc(C(=O)N2CCN(c3ccc(S(C)(=O)=O)cc3[N+](=O)[O-])CC2)ccc1C. The molecule has 1 fully saturated rings. The summed E-state index contributed by atoms with van der Waals surface area (Å²) < 4.78 is 28.7. The van der Waals surface area contributed by atoms with Crippen LogP contribution in [0.25, 0.3) is 0 Å². The fraction of sp³-hybridized carbons (Fsp3) is 0.350. The quantitative estimate of drug-likeness (QED) is 0.525. The number of carbonyl (C=O) groups excluding carboxylic acids is 1. The Hall–Kier alpha value is -3.14. The summed E-state index contributed by atoms with van der Waals surface area (Å²) in [6.07, 6.45) is 1.01. The number of benzene rings is 2. The van der Waals surface area contributed by atoms with Crippen molar-refractivity contribution in [1.29, 1.82) is 0 Å². The molecule has 1 amide bonds. The van der Waals surface area contributed by atoms with Gasteiger partial charge in [-0.1, -0.05) is 6.07 Å². The van der Waals surface area contributed by atoms with E-state index in [0.717, 1.165) is 17.9 Å². The van der Waals surface area contributed by atoms with Crippen LogP contribution in [0.1, 0.15) is 15.9 Å². The van der Waals surface area contributed by atoms with E-state index in [1.54, 1.807) is 29.0 Å². The Morgan fingerprint density at radius 3 is 2.33 bits per heavy atom. The zero-order valence-electron chi connectivity index (χ0n) is 17.0. The number of rotatable bonds is 5. The van der Waals surface area contributed by atoms with Crippen LogP contribution in [0, 0.1) is 17.0 Å². The van der Waals surface area contributed by atoms with E-state index in [0.29, 0.717) is 43.2 Å². The number of anilines is 1. The summed E-state index contributed by atoms with van der Waals surface area (Å²) in [7, 11) is -2.00. The number of nitrogens with zero attached hydrogens (tertiary/aromatic N) is 3. The summed E-state index contributed by atoms with van der Waals surface area (Å²) in [6.45, 7) is 3.47. The van der Waals surface area contributed by atoms with E-state index in [9.17, 15) is 23.3 Å². The second kappa shape index (κ2) is 8.31. The van der Waals surface area contributed by atoms with Crippen molar-refractivity contribution in [3.8, 4) is 5.75 Å². The highest BCUT2D eigenvalue weighted by atomic mass is 32.2. The van der Waals surface area contributed by atoms with Gasteiger partial charge >= 0.3 is 0 Å². The zero-order valence-corrected chi connectivity index (χ0v) is 17.8. The highest BCUT2D eigenvalue weighted by Gasteiger charge is 2.27. The average Bonchev–Trinajstić information content (AvgIpc) is 2.72. The Bertz CT molecular complexity index is 1090. The van der Waals surface area contributed by atoms with Gasteiger partial charge < -0.3 is 14.5 Å². The van der Waals surface area contributed by atoms with Gasteiger partial charge in [0.2, 0.25) is 0 Å². The Morgan fingerprint density at radius 1 is 1.10 bits per heavy atom. The topological polar surface area (TPSA) is 110 Å². The summed E-state index contributed by atoms with van der Waals surface area (Å²) in [5.74, 6) is 0.510. The van der Waals surface area contributed by atoms with Crippen molar-refractivity contribution in [2.24, 2.45) is 0 Å². The molecule has 1 aliphatic heterocycles. The molecule has 1 aliphatic rings. The second-order valence-electron chi connectivity index (χ2n) is 7.14. The van der Waals surface area contributed by atoms with Gasteiger partial charge in [0.05, 0.1) is 16.9 Å². The highest BCUT2D eigenvalue weighted by Crippen LogP contribution is 2.31. The molecule has 2 aromatic carbocycles. The van der Waals surface area contributed by atoms with E-state index >= 15 is 0 Å². The predicted molar refractivity (Wildman–Crippen MR) is 112 cm³/mol. The van der Waals surface area contributed by atoms with Crippen LogP contribution in [0.3, 0.4) is 0 Å². The number of methoxy groups -OCH3 is 1. The third-order valence-corrected chi connectivity index (χ3v) is 6.24. The Balaban J connectivity index is 1.77. The summed E-state index contributed by atoms with van der Waals surface area (Å²) in [6, 6.07) is 9.19. The Morgan fingerprint density at radius 2 is 1.77 bits per heavy atom. The van der Waals surface area contributed by atoms with Crippen LogP contribution in [0.5, 0.6) is 5.75 Å². The van der Waals surface area contributed by atoms with E-state index in [4.69, 9.17) is 4.74 Å². The molecule has 0 unspecified atom stereocenters. The third kappa shape index (κ3) is 4.38. The second-order valence-corrected chi connectivity index (χ2v) is 9.16. The molecular formula is C20H23N3O6S. The summed E-state index contributed by atoms with van der Waals surface area (Å²) >= 11 is 0. The first-order chi connectivity index (χ1) is 14.1. The molecule has 0 atom stereocenters. The van der Waals surface area contributed by atoms with Crippen molar-refractivity contribution in [3.63, 3.8) is 0 Å². The molecule has 160 valence electrons. The van der Waals surface area contributed by atoms with Crippen molar-refractivity contribution in [1.82, 2.24) is 4.90 Å². The van der Waals surface area contributed by atoms with E-state index < -0.39 is 14.8 Å². The largest absolute Gasteiger partial charge is 0.496 e. The van der Waals surface area contributed by atoms with Gasteiger partial charge in [0, 0.05) is 44.1 Å². The molecule has 0 bridgehead atoms. The van der Waals surface area contributed by atoms with Gasteiger partial charge in [-0.05, 0) is 36.8 Å². The van der Waals surface area contributed by atoms with Crippen LogP contribution < -0.4 is 9.64 Å². The monoisotopic (exact) mass is 433 g/mol. The van der Waals surface area contributed by atoms with Crippen LogP contribution in [0.15, 0.2) is 41.3 Å². The number of carbonyl (C=O) groups is 1. The maximum atomic E-state index is 12.8. The van der Waals surface area contributed by atoms with Gasteiger partial charge in [0.1, 0.15) is 11.4 Å². The molecule has 30 heavy (non-hydrogen) atoms. The van der Waals surface area contributed by atoms with Crippen LogP contribution in [-0.4, -0.2) is 63.7 Å². The molecule has 10 heteroatoms. The number of piperazine rings is 1. The molecular weight excluding hydrogens is 410 g/mol. The first-order valence-electron chi connectivity index (χ1n) is 9.29. The molecule has 0 aliphatic carbocycles.